The predicted octanol–water partition coefficient (Wildman–Crippen LogP) is 2.53. The average molecular weight is 445 g/mol. The monoisotopic (exact) mass is 444 g/mol. The van der Waals surface area contributed by atoms with Crippen LogP contribution in [0, 0.1) is 0 Å². The maximum atomic E-state index is 12.8. The number of nitrogens with zero attached hydrogens (tertiary/aromatic N) is 2. The number of rotatable bonds is 4. The van der Waals surface area contributed by atoms with E-state index in [-0.39, 0.29) is 31.8 Å². The van der Waals surface area contributed by atoms with Gasteiger partial charge < -0.3 is 25.0 Å². The number of anilines is 3. The van der Waals surface area contributed by atoms with Crippen molar-refractivity contribution in [3.8, 4) is 0 Å². The van der Waals surface area contributed by atoms with E-state index in [2.05, 4.69) is 10.6 Å². The van der Waals surface area contributed by atoms with E-state index in [1.807, 2.05) is 0 Å². The van der Waals surface area contributed by atoms with Crippen LogP contribution in [0.3, 0.4) is 0 Å². The molecule has 2 aliphatic heterocycles. The number of benzene rings is 2. The fourth-order valence-electron chi connectivity index (χ4n) is 3.33. The Morgan fingerprint density at radius 3 is 2.35 bits per heavy atom. The third-order valence-electron chi connectivity index (χ3n) is 4.97. The molecule has 31 heavy (non-hydrogen) atoms. The molecule has 2 N–H and O–H groups in total. The lowest BCUT2D eigenvalue weighted by atomic mass is 10.2. The van der Waals surface area contributed by atoms with E-state index in [9.17, 15) is 14.4 Å². The molecule has 2 fully saturated rings. The molecule has 2 heterocycles. The zero-order valence-corrected chi connectivity index (χ0v) is 17.3. The average Bonchev–Trinajstić information content (AvgIpc) is 3.27. The van der Waals surface area contributed by atoms with Crippen molar-refractivity contribution in [1.29, 1.82) is 0 Å². The lowest BCUT2D eigenvalue weighted by Gasteiger charge is -2.27. The molecule has 10 heteroatoms. The number of hydrogen-bond donors (Lipinski definition) is 2. The van der Waals surface area contributed by atoms with Crippen molar-refractivity contribution in [3.63, 3.8) is 0 Å². The summed E-state index contributed by atoms with van der Waals surface area (Å²) >= 11 is 5.86. The predicted molar refractivity (Wildman–Crippen MR) is 115 cm³/mol. The molecule has 9 nitrogen and oxygen atoms in total. The Labute approximate surface area is 183 Å². The summed E-state index contributed by atoms with van der Waals surface area (Å²) in [5, 5.41) is 6.08. The Hall–Kier alpha value is -3.14. The summed E-state index contributed by atoms with van der Waals surface area (Å²) in [6.07, 6.45) is 0. The van der Waals surface area contributed by atoms with Gasteiger partial charge in [-0.3, -0.25) is 14.5 Å². The van der Waals surface area contributed by atoms with Crippen molar-refractivity contribution in [1.82, 2.24) is 4.90 Å². The maximum absolute atomic E-state index is 12.8. The molecule has 0 aromatic heterocycles. The number of nitrogens with one attached hydrogen (secondary N) is 2. The minimum Gasteiger partial charge on any atom is -0.370 e. The van der Waals surface area contributed by atoms with Crippen LogP contribution in [0.5, 0.6) is 0 Å². The fraction of sp³-hybridized carbons (Fsp3) is 0.286. The topological polar surface area (TPSA) is 100 Å². The summed E-state index contributed by atoms with van der Waals surface area (Å²) in [7, 11) is 0. The minimum atomic E-state index is -0.771. The molecule has 162 valence electrons. The molecule has 4 amide bonds. The largest absolute Gasteiger partial charge is 0.370 e. The molecular weight excluding hydrogens is 424 g/mol. The van der Waals surface area contributed by atoms with Crippen LogP contribution in [-0.4, -0.2) is 61.9 Å². The molecule has 2 aromatic rings. The van der Waals surface area contributed by atoms with Crippen LogP contribution in [0.4, 0.5) is 21.9 Å². The van der Waals surface area contributed by atoms with Crippen molar-refractivity contribution in [3.05, 3.63) is 53.6 Å². The molecule has 1 unspecified atom stereocenters. The van der Waals surface area contributed by atoms with E-state index in [0.717, 1.165) is 5.69 Å². The highest BCUT2D eigenvalue weighted by Crippen LogP contribution is 2.21. The quantitative estimate of drug-likeness (QED) is 0.754. The zero-order chi connectivity index (χ0) is 21.8. The van der Waals surface area contributed by atoms with E-state index >= 15 is 0 Å². The van der Waals surface area contributed by atoms with E-state index in [1.165, 1.54) is 4.90 Å². The summed E-state index contributed by atoms with van der Waals surface area (Å²) in [4.78, 5) is 40.3. The Morgan fingerprint density at radius 1 is 0.968 bits per heavy atom. The molecule has 0 radical (unpaired) electrons. The minimum absolute atomic E-state index is 0.00951. The van der Waals surface area contributed by atoms with Gasteiger partial charge in [-0.2, -0.15) is 0 Å². The number of amides is 4. The molecular formula is C21H21ClN4O5. The van der Waals surface area contributed by atoms with Gasteiger partial charge in [-0.05, 0) is 48.5 Å². The highest BCUT2D eigenvalue weighted by Gasteiger charge is 2.35. The van der Waals surface area contributed by atoms with Gasteiger partial charge in [0.1, 0.15) is 19.4 Å². The number of morpholine rings is 1. The van der Waals surface area contributed by atoms with Crippen molar-refractivity contribution >= 4 is 46.5 Å². The van der Waals surface area contributed by atoms with E-state index in [4.69, 9.17) is 21.1 Å². The number of urea groups is 1. The van der Waals surface area contributed by atoms with Crippen LogP contribution < -0.4 is 15.5 Å². The number of halogens is 1. The van der Waals surface area contributed by atoms with E-state index < -0.39 is 12.1 Å². The third kappa shape index (κ3) is 4.96. The van der Waals surface area contributed by atoms with Crippen molar-refractivity contribution in [2.24, 2.45) is 0 Å². The van der Waals surface area contributed by atoms with Gasteiger partial charge in [0.2, 0.25) is 5.91 Å². The Kier molecular flexibility index (Phi) is 6.36. The molecule has 2 aromatic carbocycles. The van der Waals surface area contributed by atoms with Gasteiger partial charge in [0.05, 0.1) is 13.2 Å². The second-order valence-corrected chi connectivity index (χ2v) is 7.49. The van der Waals surface area contributed by atoms with Crippen LogP contribution in [-0.2, 0) is 19.1 Å². The lowest BCUT2D eigenvalue weighted by molar-refractivity contribution is -0.125. The first-order valence-corrected chi connectivity index (χ1v) is 10.1. The zero-order valence-electron chi connectivity index (χ0n) is 16.5. The van der Waals surface area contributed by atoms with Crippen LogP contribution in [0.15, 0.2) is 48.5 Å². The van der Waals surface area contributed by atoms with Crippen molar-refractivity contribution in [2.45, 2.75) is 6.04 Å². The van der Waals surface area contributed by atoms with Crippen molar-refractivity contribution < 1.29 is 23.9 Å². The van der Waals surface area contributed by atoms with Gasteiger partial charge in [-0.1, -0.05) is 11.6 Å². The van der Waals surface area contributed by atoms with Crippen LogP contribution in [0.25, 0.3) is 0 Å². The van der Waals surface area contributed by atoms with Crippen molar-refractivity contribution in [2.75, 3.05) is 48.6 Å². The number of carbonyl (C=O) groups excluding carboxylic acids is 3. The summed E-state index contributed by atoms with van der Waals surface area (Å²) in [6.45, 7) is 1.14. The summed E-state index contributed by atoms with van der Waals surface area (Å²) in [6, 6.07) is 12.4. The molecule has 0 saturated carbocycles. The number of ether oxygens (including phenoxy) is 2. The highest BCUT2D eigenvalue weighted by molar-refractivity contribution is 6.30. The lowest BCUT2D eigenvalue weighted by Crippen LogP contribution is -2.46. The summed E-state index contributed by atoms with van der Waals surface area (Å²) in [5.74, 6) is -0.465. The van der Waals surface area contributed by atoms with Crippen LogP contribution in [0.1, 0.15) is 0 Å². The second kappa shape index (κ2) is 9.34. The van der Waals surface area contributed by atoms with Gasteiger partial charge in [-0.15, -0.1) is 0 Å². The van der Waals surface area contributed by atoms with Gasteiger partial charge in [0.15, 0.2) is 0 Å². The molecule has 2 saturated heterocycles. The first-order chi connectivity index (χ1) is 15.0. The number of carbonyl (C=O) groups is 3. The first-order valence-electron chi connectivity index (χ1n) is 9.71. The SMILES string of the molecule is O=C(Nc1ccc(N2CCOCC2=O)cc1)C1COCN1C(=O)Nc1ccc(Cl)cc1. The maximum Gasteiger partial charge on any atom is 0.324 e. The molecule has 0 spiro atoms. The van der Waals surface area contributed by atoms with Gasteiger partial charge in [0, 0.05) is 28.6 Å². The summed E-state index contributed by atoms with van der Waals surface area (Å²) in [5.41, 5.74) is 1.85. The Bertz CT molecular complexity index is 967. The van der Waals surface area contributed by atoms with Gasteiger partial charge >= 0.3 is 6.03 Å². The molecule has 0 bridgehead atoms. The Morgan fingerprint density at radius 2 is 1.65 bits per heavy atom. The molecule has 1 atom stereocenters. The smallest absolute Gasteiger partial charge is 0.324 e. The van der Waals surface area contributed by atoms with E-state index in [0.29, 0.717) is 29.5 Å². The molecule has 2 aliphatic rings. The van der Waals surface area contributed by atoms with Gasteiger partial charge in [0.25, 0.3) is 5.91 Å². The van der Waals surface area contributed by atoms with Gasteiger partial charge in [-0.25, -0.2) is 4.79 Å². The highest BCUT2D eigenvalue weighted by atomic mass is 35.5. The standard InChI is InChI=1S/C21H21ClN4O5/c22-14-1-3-16(4-2-14)24-21(29)26-13-31-11-18(26)20(28)23-15-5-7-17(8-6-15)25-9-10-30-12-19(25)27/h1-8,18H,9-13H2,(H,23,28)(H,24,29). The number of hydrogen-bond acceptors (Lipinski definition) is 5. The van der Waals surface area contributed by atoms with Crippen LogP contribution >= 0.6 is 11.6 Å². The molecule has 0 aliphatic carbocycles. The summed E-state index contributed by atoms with van der Waals surface area (Å²) < 4.78 is 10.5. The van der Waals surface area contributed by atoms with Crippen LogP contribution in [0.2, 0.25) is 5.02 Å². The third-order valence-corrected chi connectivity index (χ3v) is 5.23. The first kappa shape index (κ1) is 21.1. The Balaban J connectivity index is 1.37. The molecule has 4 rings (SSSR count). The second-order valence-electron chi connectivity index (χ2n) is 7.06. The normalized spacial score (nSPS) is 18.7. The van der Waals surface area contributed by atoms with E-state index in [1.54, 1.807) is 53.4 Å². The fourth-order valence-corrected chi connectivity index (χ4v) is 3.46.